The molecule has 1 N–H and O–H groups in total. The lowest BCUT2D eigenvalue weighted by Gasteiger charge is -2.38. The molecule has 1 atom stereocenters. The summed E-state index contributed by atoms with van der Waals surface area (Å²) in [7, 11) is 0. The van der Waals surface area contributed by atoms with E-state index in [1.165, 1.54) is 5.06 Å². The van der Waals surface area contributed by atoms with E-state index in [1.807, 2.05) is 30.3 Å². The van der Waals surface area contributed by atoms with Gasteiger partial charge in [0.15, 0.2) is 0 Å². The largest absolute Gasteiger partial charge is 0.481 e. The molecule has 0 bridgehead atoms. The quantitative estimate of drug-likeness (QED) is 0.580. The van der Waals surface area contributed by atoms with Crippen LogP contribution < -0.4 is 0 Å². The lowest BCUT2D eigenvalue weighted by atomic mass is 9.98. The summed E-state index contributed by atoms with van der Waals surface area (Å²) in [6.45, 7) is 0.298. The van der Waals surface area contributed by atoms with Crippen LogP contribution in [0.4, 0.5) is 0 Å². The second-order valence-corrected chi connectivity index (χ2v) is 4.98. The molecule has 2 rings (SSSR count). The zero-order valence-electron chi connectivity index (χ0n) is 11.5. The summed E-state index contributed by atoms with van der Waals surface area (Å²) >= 11 is 0. The van der Waals surface area contributed by atoms with Crippen molar-refractivity contribution in [2.75, 3.05) is 0 Å². The number of amides is 1. The fraction of sp³-hybridized carbons (Fsp3) is 0.400. The van der Waals surface area contributed by atoms with Crippen LogP contribution in [0.1, 0.15) is 31.2 Å². The number of β-lactam (4-membered cyclic amide) rings is 1. The lowest BCUT2D eigenvalue weighted by molar-refractivity contribution is -0.234. The number of ketones is 1. The Labute approximate surface area is 122 Å². The van der Waals surface area contributed by atoms with Crippen LogP contribution in [0.5, 0.6) is 0 Å². The van der Waals surface area contributed by atoms with E-state index in [4.69, 9.17) is 9.94 Å². The van der Waals surface area contributed by atoms with Crippen molar-refractivity contribution in [2.24, 2.45) is 0 Å². The number of hydrogen-bond acceptors (Lipinski definition) is 4. The van der Waals surface area contributed by atoms with Gasteiger partial charge in [0.25, 0.3) is 0 Å². The van der Waals surface area contributed by atoms with Crippen LogP contribution in [0, 0.1) is 0 Å². The zero-order chi connectivity index (χ0) is 15.2. The number of Topliss-reactive ketones (excluding diaryl/α,β-unsaturated/α-hetero) is 1. The van der Waals surface area contributed by atoms with Gasteiger partial charge in [-0.2, -0.15) is 0 Å². The Kier molecular flexibility index (Phi) is 5.05. The predicted octanol–water partition coefficient (Wildman–Crippen LogP) is 1.54. The molecule has 0 aromatic heterocycles. The molecular weight excluding hydrogens is 274 g/mol. The minimum absolute atomic E-state index is 0.110. The van der Waals surface area contributed by atoms with E-state index in [0.29, 0.717) is 19.4 Å². The minimum atomic E-state index is -1.12. The lowest BCUT2D eigenvalue weighted by Crippen LogP contribution is -2.52. The van der Waals surface area contributed by atoms with Crippen molar-refractivity contribution in [1.82, 2.24) is 5.06 Å². The number of carboxylic acids is 1. The zero-order valence-corrected chi connectivity index (χ0v) is 11.5. The summed E-state index contributed by atoms with van der Waals surface area (Å²) in [5, 5.41) is 9.81. The van der Waals surface area contributed by atoms with E-state index in [1.54, 1.807) is 0 Å². The van der Waals surface area contributed by atoms with Crippen LogP contribution in [-0.2, 0) is 25.8 Å². The first kappa shape index (κ1) is 15.2. The van der Waals surface area contributed by atoms with Crippen LogP contribution in [-0.4, -0.2) is 33.9 Å². The van der Waals surface area contributed by atoms with Gasteiger partial charge in [-0.1, -0.05) is 30.3 Å². The van der Waals surface area contributed by atoms with Gasteiger partial charge in [-0.15, -0.1) is 0 Å². The van der Waals surface area contributed by atoms with Crippen molar-refractivity contribution in [3.05, 3.63) is 35.9 Å². The van der Waals surface area contributed by atoms with Crippen molar-refractivity contribution in [3.63, 3.8) is 0 Å². The number of aliphatic carboxylic acids is 1. The van der Waals surface area contributed by atoms with Gasteiger partial charge in [0.2, 0.25) is 5.91 Å². The Balaban J connectivity index is 1.76. The molecule has 1 amide bonds. The maximum atomic E-state index is 11.5. The molecule has 1 aromatic carbocycles. The Bertz CT molecular complexity index is 528. The SMILES string of the molecule is O=C(O)CC(=O)CCC1CC(=O)N1OCc1ccccc1. The van der Waals surface area contributed by atoms with Crippen LogP contribution >= 0.6 is 0 Å². The second kappa shape index (κ2) is 6.99. The fourth-order valence-corrected chi connectivity index (χ4v) is 2.17. The Morgan fingerprint density at radius 3 is 2.62 bits per heavy atom. The maximum Gasteiger partial charge on any atom is 0.310 e. The summed E-state index contributed by atoms with van der Waals surface area (Å²) in [5.41, 5.74) is 0.956. The number of carbonyl (C=O) groups is 3. The molecule has 1 unspecified atom stereocenters. The van der Waals surface area contributed by atoms with Crippen molar-refractivity contribution in [1.29, 1.82) is 0 Å². The van der Waals surface area contributed by atoms with Gasteiger partial charge in [0, 0.05) is 6.42 Å². The number of hydrogen-bond donors (Lipinski definition) is 1. The number of rotatable bonds is 8. The highest BCUT2D eigenvalue weighted by Gasteiger charge is 2.37. The number of carbonyl (C=O) groups excluding carboxylic acids is 2. The second-order valence-electron chi connectivity index (χ2n) is 4.98. The van der Waals surface area contributed by atoms with Gasteiger partial charge in [-0.05, 0) is 12.0 Å². The van der Waals surface area contributed by atoms with Crippen molar-refractivity contribution >= 4 is 17.7 Å². The molecule has 21 heavy (non-hydrogen) atoms. The van der Waals surface area contributed by atoms with E-state index < -0.39 is 12.4 Å². The summed E-state index contributed by atoms with van der Waals surface area (Å²) < 4.78 is 0. The Hall–Kier alpha value is -2.21. The molecule has 0 spiro atoms. The van der Waals surface area contributed by atoms with Gasteiger partial charge in [-0.3, -0.25) is 19.2 Å². The third kappa shape index (κ3) is 4.39. The maximum absolute atomic E-state index is 11.5. The molecule has 1 fully saturated rings. The standard InChI is InChI=1S/C15H17NO5/c17-13(9-15(19)20)7-6-12-8-14(18)16(12)21-10-11-4-2-1-3-5-11/h1-5,12H,6-10H2,(H,19,20). The van der Waals surface area contributed by atoms with E-state index in [-0.39, 0.29) is 24.2 Å². The smallest absolute Gasteiger partial charge is 0.310 e. The van der Waals surface area contributed by atoms with Gasteiger partial charge in [-0.25, -0.2) is 5.06 Å². The first-order valence-corrected chi connectivity index (χ1v) is 6.78. The van der Waals surface area contributed by atoms with Crippen molar-refractivity contribution in [3.8, 4) is 0 Å². The fourth-order valence-electron chi connectivity index (χ4n) is 2.17. The number of hydroxylamine groups is 2. The summed E-state index contributed by atoms with van der Waals surface area (Å²) in [5.74, 6) is -1.56. The van der Waals surface area contributed by atoms with Crippen molar-refractivity contribution < 1.29 is 24.3 Å². The van der Waals surface area contributed by atoms with E-state index in [9.17, 15) is 14.4 Å². The van der Waals surface area contributed by atoms with Crippen LogP contribution in [0.25, 0.3) is 0 Å². The molecule has 112 valence electrons. The molecule has 0 radical (unpaired) electrons. The Morgan fingerprint density at radius 1 is 1.29 bits per heavy atom. The average Bonchev–Trinajstić information content (AvgIpc) is 2.43. The number of carboxylic acid groups (broad SMARTS) is 1. The van der Waals surface area contributed by atoms with Crippen LogP contribution in [0.2, 0.25) is 0 Å². The highest BCUT2D eigenvalue weighted by Crippen LogP contribution is 2.25. The molecule has 1 aliphatic heterocycles. The molecule has 1 aromatic rings. The third-order valence-corrected chi connectivity index (χ3v) is 3.31. The molecule has 1 aliphatic rings. The van der Waals surface area contributed by atoms with E-state index in [2.05, 4.69) is 0 Å². The van der Waals surface area contributed by atoms with Crippen molar-refractivity contribution in [2.45, 2.75) is 38.3 Å². The monoisotopic (exact) mass is 291 g/mol. The van der Waals surface area contributed by atoms with Crippen LogP contribution in [0.15, 0.2) is 30.3 Å². The van der Waals surface area contributed by atoms with E-state index in [0.717, 1.165) is 5.56 Å². The van der Waals surface area contributed by atoms with Gasteiger partial charge >= 0.3 is 5.97 Å². The highest BCUT2D eigenvalue weighted by molar-refractivity contribution is 5.94. The summed E-state index contributed by atoms with van der Waals surface area (Å²) in [6, 6.07) is 9.33. The molecule has 0 saturated carbocycles. The molecule has 1 saturated heterocycles. The topological polar surface area (TPSA) is 83.9 Å². The van der Waals surface area contributed by atoms with E-state index >= 15 is 0 Å². The van der Waals surface area contributed by atoms with Gasteiger partial charge in [0.05, 0.1) is 12.5 Å². The molecule has 0 aliphatic carbocycles. The summed E-state index contributed by atoms with van der Waals surface area (Å²) in [4.78, 5) is 38.7. The Morgan fingerprint density at radius 2 is 2.00 bits per heavy atom. The van der Waals surface area contributed by atoms with Gasteiger partial charge < -0.3 is 5.11 Å². The normalized spacial score (nSPS) is 17.4. The average molecular weight is 291 g/mol. The first-order chi connectivity index (χ1) is 10.1. The molecular formula is C15H17NO5. The predicted molar refractivity (Wildman–Crippen MR) is 73.0 cm³/mol. The van der Waals surface area contributed by atoms with Gasteiger partial charge in [0.1, 0.15) is 18.8 Å². The highest BCUT2D eigenvalue weighted by atomic mass is 16.7. The minimum Gasteiger partial charge on any atom is -0.481 e. The molecule has 6 heteroatoms. The molecule has 6 nitrogen and oxygen atoms in total. The first-order valence-electron chi connectivity index (χ1n) is 6.78. The molecule has 1 heterocycles. The number of nitrogens with zero attached hydrogens (tertiary/aromatic N) is 1. The number of benzene rings is 1. The summed E-state index contributed by atoms with van der Waals surface area (Å²) in [6.07, 6.45) is 0.461. The third-order valence-electron chi connectivity index (χ3n) is 3.31. The van der Waals surface area contributed by atoms with Crippen LogP contribution in [0.3, 0.4) is 0 Å².